The van der Waals surface area contributed by atoms with Gasteiger partial charge < -0.3 is 36.9 Å². The Hall–Kier alpha value is -5.69. The van der Waals surface area contributed by atoms with E-state index in [0.717, 1.165) is 16.5 Å². The van der Waals surface area contributed by atoms with Gasteiger partial charge in [-0.15, -0.1) is 0 Å². The minimum Gasteiger partial charge on any atom is -0.508 e. The molecule has 1 aliphatic rings. The number of cyclic esters (lactones) is 1. The normalized spacial score (nSPS) is 16.5. The third kappa shape index (κ3) is 7.33. The third-order valence-electron chi connectivity index (χ3n) is 7.79. The smallest absolute Gasteiger partial charge is 0.418 e. The Labute approximate surface area is 263 Å². The Morgan fingerprint density at radius 3 is 2.28 bits per heavy atom. The molecule has 1 fully saturated rings. The number of para-hydroxylation sites is 1. The molecule has 238 valence electrons. The van der Waals surface area contributed by atoms with E-state index in [-0.39, 0.29) is 31.6 Å². The third-order valence-corrected chi connectivity index (χ3v) is 7.79. The highest BCUT2D eigenvalue weighted by Gasteiger charge is 2.47. The largest absolute Gasteiger partial charge is 0.508 e. The molecule has 4 aromatic rings. The minimum atomic E-state index is -1.41. The molecule has 1 aromatic heterocycles. The van der Waals surface area contributed by atoms with Crippen LogP contribution in [-0.2, 0) is 43.2 Å². The second-order valence-electron chi connectivity index (χ2n) is 11.0. The molecule has 0 radical (unpaired) electrons. The first-order valence-electron chi connectivity index (χ1n) is 14.6. The highest BCUT2D eigenvalue weighted by Crippen LogP contribution is 2.24. The summed E-state index contributed by atoms with van der Waals surface area (Å²) >= 11 is 0. The Morgan fingerprint density at radius 1 is 0.891 bits per heavy atom. The molecule has 2 heterocycles. The average molecular weight is 627 g/mol. The van der Waals surface area contributed by atoms with Crippen LogP contribution in [-0.4, -0.2) is 75.5 Å². The molecule has 0 unspecified atom stereocenters. The number of aromatic hydroxyl groups is 1. The molecule has 1 saturated heterocycles. The van der Waals surface area contributed by atoms with E-state index in [2.05, 4.69) is 15.6 Å². The number of fused-ring (bicyclic) bond motifs is 1. The van der Waals surface area contributed by atoms with Crippen LogP contribution in [0.5, 0.6) is 5.75 Å². The Kier molecular flexibility index (Phi) is 9.62. The van der Waals surface area contributed by atoms with E-state index in [1.54, 1.807) is 42.6 Å². The van der Waals surface area contributed by atoms with Crippen molar-refractivity contribution >= 4 is 40.6 Å². The zero-order chi connectivity index (χ0) is 32.8. The van der Waals surface area contributed by atoms with E-state index in [4.69, 9.17) is 16.2 Å². The molecule has 0 aliphatic carbocycles. The average Bonchev–Trinajstić information content (AvgIpc) is 3.58. The number of nitrogens with two attached hydrogens (primary N) is 2. The van der Waals surface area contributed by atoms with Gasteiger partial charge in [-0.25, -0.2) is 9.69 Å². The maximum absolute atomic E-state index is 13.8. The van der Waals surface area contributed by atoms with Crippen LogP contribution in [0.3, 0.4) is 0 Å². The van der Waals surface area contributed by atoms with Crippen LogP contribution in [0.4, 0.5) is 4.79 Å². The molecule has 13 nitrogen and oxygen atoms in total. The summed E-state index contributed by atoms with van der Waals surface area (Å²) < 4.78 is 5.31. The van der Waals surface area contributed by atoms with Crippen molar-refractivity contribution in [1.82, 2.24) is 20.5 Å². The Morgan fingerprint density at radius 2 is 1.57 bits per heavy atom. The monoisotopic (exact) mass is 626 g/mol. The molecule has 46 heavy (non-hydrogen) atoms. The van der Waals surface area contributed by atoms with Crippen LogP contribution in [0.2, 0.25) is 0 Å². The number of phenols is 1. The van der Waals surface area contributed by atoms with Crippen LogP contribution in [0.25, 0.3) is 10.9 Å². The summed E-state index contributed by atoms with van der Waals surface area (Å²) in [6, 6.07) is 19.0. The first-order chi connectivity index (χ1) is 22.1. The second kappa shape index (κ2) is 13.9. The van der Waals surface area contributed by atoms with Crippen LogP contribution in [0, 0.1) is 0 Å². The molecule has 5 amide bonds. The van der Waals surface area contributed by atoms with Gasteiger partial charge >= 0.3 is 6.09 Å². The minimum absolute atomic E-state index is 0.0749. The number of carbonyl (C=O) groups excluding carboxylic acids is 5. The van der Waals surface area contributed by atoms with Crippen LogP contribution >= 0.6 is 0 Å². The van der Waals surface area contributed by atoms with E-state index in [0.29, 0.717) is 16.0 Å². The standard InChI is InChI=1S/C33H34N6O7/c34-24(14-20-10-12-22(40)13-11-20)30(42)37-18-28-32(44)39(33(45)46-28)27(16-21-17-36-25-9-5-4-8-23(21)25)31(43)38-26(29(35)41)15-19-6-2-1-3-7-19/h1-13,17,24,26-28,36,40H,14-16,18,34H2,(H2,35,41)(H,37,42)(H,38,43)/t24-,26-,27-,28-/m0/s1. The van der Waals surface area contributed by atoms with Gasteiger partial charge in [0.05, 0.1) is 12.6 Å². The number of ether oxygens (including phenoxy) is 1. The first kappa shape index (κ1) is 31.7. The summed E-state index contributed by atoms with van der Waals surface area (Å²) in [5.41, 5.74) is 14.5. The van der Waals surface area contributed by atoms with E-state index < -0.39 is 54.0 Å². The molecule has 3 aromatic carbocycles. The van der Waals surface area contributed by atoms with Crippen molar-refractivity contribution in [3.8, 4) is 5.75 Å². The van der Waals surface area contributed by atoms with Crippen LogP contribution < -0.4 is 22.1 Å². The predicted molar refractivity (Wildman–Crippen MR) is 167 cm³/mol. The van der Waals surface area contributed by atoms with Crippen molar-refractivity contribution in [3.63, 3.8) is 0 Å². The number of phenolic OH excluding ortho intramolecular Hbond substituents is 1. The van der Waals surface area contributed by atoms with Gasteiger partial charge in [-0.3, -0.25) is 19.2 Å². The summed E-state index contributed by atoms with van der Waals surface area (Å²) in [5.74, 6) is -2.92. The number of amides is 5. The lowest BCUT2D eigenvalue weighted by molar-refractivity contribution is -0.137. The lowest BCUT2D eigenvalue weighted by Crippen LogP contribution is -2.56. The van der Waals surface area contributed by atoms with Crippen LogP contribution in [0.1, 0.15) is 16.7 Å². The molecule has 5 rings (SSSR count). The number of imide groups is 1. The highest BCUT2D eigenvalue weighted by molar-refractivity contribution is 6.05. The number of rotatable bonds is 13. The van der Waals surface area contributed by atoms with Crippen molar-refractivity contribution in [1.29, 1.82) is 0 Å². The van der Waals surface area contributed by atoms with Crippen molar-refractivity contribution in [2.75, 3.05) is 6.54 Å². The number of hydrogen-bond acceptors (Lipinski definition) is 8. The summed E-state index contributed by atoms with van der Waals surface area (Å²) in [7, 11) is 0. The van der Waals surface area contributed by atoms with E-state index in [1.807, 2.05) is 30.3 Å². The lowest BCUT2D eigenvalue weighted by Gasteiger charge is -2.26. The number of hydrogen-bond donors (Lipinski definition) is 6. The zero-order valence-corrected chi connectivity index (χ0v) is 24.7. The van der Waals surface area contributed by atoms with Gasteiger partial charge in [-0.1, -0.05) is 60.7 Å². The van der Waals surface area contributed by atoms with E-state index in [1.165, 1.54) is 12.1 Å². The molecule has 1 aliphatic heterocycles. The van der Waals surface area contributed by atoms with Gasteiger partial charge in [-0.2, -0.15) is 0 Å². The quantitative estimate of drug-likeness (QED) is 0.126. The molecule has 0 saturated carbocycles. The summed E-state index contributed by atoms with van der Waals surface area (Å²) in [6.07, 6.45) is -0.640. The van der Waals surface area contributed by atoms with Crippen molar-refractivity contribution in [2.45, 2.75) is 43.5 Å². The number of nitrogens with one attached hydrogen (secondary N) is 3. The summed E-state index contributed by atoms with van der Waals surface area (Å²) in [6.45, 7) is -0.372. The Bertz CT molecular complexity index is 1740. The number of nitrogens with zero attached hydrogens (tertiary/aromatic N) is 1. The molecule has 13 heteroatoms. The number of carbonyl (C=O) groups is 5. The zero-order valence-electron chi connectivity index (χ0n) is 24.7. The molecule has 0 spiro atoms. The van der Waals surface area contributed by atoms with Gasteiger partial charge in [0.2, 0.25) is 17.7 Å². The van der Waals surface area contributed by atoms with Gasteiger partial charge in [0.25, 0.3) is 5.91 Å². The lowest BCUT2D eigenvalue weighted by atomic mass is 10.0. The molecular formula is C33H34N6O7. The number of benzene rings is 3. The number of primary amides is 1. The maximum Gasteiger partial charge on any atom is 0.418 e. The fraction of sp³-hybridized carbons (Fsp3) is 0.242. The van der Waals surface area contributed by atoms with Gasteiger partial charge in [0.15, 0.2) is 6.10 Å². The summed E-state index contributed by atoms with van der Waals surface area (Å²) in [4.78, 5) is 69.4. The van der Waals surface area contributed by atoms with Crippen molar-refractivity contribution in [2.24, 2.45) is 11.5 Å². The number of aromatic nitrogens is 1. The first-order valence-corrected chi connectivity index (χ1v) is 14.6. The van der Waals surface area contributed by atoms with Crippen molar-refractivity contribution in [3.05, 3.63) is 102 Å². The summed E-state index contributed by atoms with van der Waals surface area (Å²) in [5, 5.41) is 15.4. The van der Waals surface area contributed by atoms with Crippen LogP contribution in [0.15, 0.2) is 85.1 Å². The number of aromatic amines is 1. The molecule has 0 bridgehead atoms. The van der Waals surface area contributed by atoms with Gasteiger partial charge in [-0.05, 0) is 41.3 Å². The topological polar surface area (TPSA) is 210 Å². The van der Waals surface area contributed by atoms with Crippen molar-refractivity contribution < 1.29 is 33.8 Å². The fourth-order valence-electron chi connectivity index (χ4n) is 5.34. The SMILES string of the molecule is NC(=O)[C@H](Cc1ccccc1)NC(=O)[C@H](Cc1c[nH]c2ccccc12)N1C(=O)O[C@@H](CNC(=O)[C@@H](N)Cc2ccc(O)cc2)C1=O. The highest BCUT2D eigenvalue weighted by atomic mass is 16.6. The Balaban J connectivity index is 1.32. The van der Waals surface area contributed by atoms with Gasteiger partial charge in [0, 0.05) is 29.9 Å². The number of H-pyrrole nitrogens is 1. The van der Waals surface area contributed by atoms with E-state index >= 15 is 0 Å². The second-order valence-corrected chi connectivity index (χ2v) is 11.0. The fourth-order valence-corrected chi connectivity index (χ4v) is 5.34. The van der Waals surface area contributed by atoms with E-state index in [9.17, 15) is 29.1 Å². The van der Waals surface area contributed by atoms with Gasteiger partial charge in [0.1, 0.15) is 17.8 Å². The predicted octanol–water partition coefficient (Wildman–Crippen LogP) is 1.03. The molecule has 4 atom stereocenters. The molecular weight excluding hydrogens is 592 g/mol. The molecule has 8 N–H and O–H groups in total. The maximum atomic E-state index is 13.8.